The Labute approximate surface area is 135 Å². The van der Waals surface area contributed by atoms with Gasteiger partial charge in [0.15, 0.2) is 0 Å². The number of hydrogen-bond acceptors (Lipinski definition) is 3. The SMILES string of the molecule is CC(c1ccc(F)cc1F)N1CCN(C(=O)C2CCNC2)CC1. The summed E-state index contributed by atoms with van der Waals surface area (Å²) >= 11 is 0. The van der Waals surface area contributed by atoms with Gasteiger partial charge in [0.05, 0.1) is 5.92 Å². The first kappa shape index (κ1) is 16.3. The van der Waals surface area contributed by atoms with Gasteiger partial charge in [-0.15, -0.1) is 0 Å². The first-order valence-corrected chi connectivity index (χ1v) is 8.25. The monoisotopic (exact) mass is 323 g/mol. The molecule has 1 N–H and O–H groups in total. The average Bonchev–Trinajstić information content (AvgIpc) is 3.08. The van der Waals surface area contributed by atoms with Gasteiger partial charge in [-0.25, -0.2) is 8.78 Å². The molecular formula is C17H23F2N3O. The Morgan fingerprint density at radius 2 is 2.00 bits per heavy atom. The molecule has 1 amide bonds. The molecule has 2 heterocycles. The summed E-state index contributed by atoms with van der Waals surface area (Å²) < 4.78 is 27.0. The van der Waals surface area contributed by atoms with Crippen LogP contribution in [0.1, 0.15) is 24.9 Å². The molecule has 0 bridgehead atoms. The van der Waals surface area contributed by atoms with Crippen molar-refractivity contribution in [1.29, 1.82) is 0 Å². The predicted octanol–water partition coefficient (Wildman–Crippen LogP) is 1.78. The Morgan fingerprint density at radius 3 is 2.61 bits per heavy atom. The molecule has 0 spiro atoms. The summed E-state index contributed by atoms with van der Waals surface area (Å²) in [6.45, 7) is 6.38. The van der Waals surface area contributed by atoms with E-state index in [4.69, 9.17) is 0 Å². The van der Waals surface area contributed by atoms with E-state index in [2.05, 4.69) is 10.2 Å². The molecule has 2 fully saturated rings. The fourth-order valence-corrected chi connectivity index (χ4v) is 3.49. The number of carbonyl (C=O) groups is 1. The third-order valence-electron chi connectivity index (χ3n) is 5.00. The highest BCUT2D eigenvalue weighted by atomic mass is 19.1. The van der Waals surface area contributed by atoms with E-state index in [1.807, 2.05) is 11.8 Å². The van der Waals surface area contributed by atoms with Crippen molar-refractivity contribution in [2.45, 2.75) is 19.4 Å². The van der Waals surface area contributed by atoms with Gasteiger partial charge in [0.2, 0.25) is 5.91 Å². The van der Waals surface area contributed by atoms with Crippen molar-refractivity contribution in [3.63, 3.8) is 0 Å². The molecule has 1 aromatic carbocycles. The van der Waals surface area contributed by atoms with Gasteiger partial charge in [-0.2, -0.15) is 0 Å². The van der Waals surface area contributed by atoms with Gasteiger partial charge < -0.3 is 10.2 Å². The van der Waals surface area contributed by atoms with Crippen LogP contribution in [0.5, 0.6) is 0 Å². The quantitative estimate of drug-likeness (QED) is 0.921. The summed E-state index contributed by atoms with van der Waals surface area (Å²) in [7, 11) is 0. The van der Waals surface area contributed by atoms with Crippen LogP contribution >= 0.6 is 0 Å². The van der Waals surface area contributed by atoms with Gasteiger partial charge >= 0.3 is 0 Å². The van der Waals surface area contributed by atoms with Gasteiger partial charge in [-0.3, -0.25) is 9.69 Å². The molecule has 0 aromatic heterocycles. The molecular weight excluding hydrogens is 300 g/mol. The number of amides is 1. The van der Waals surface area contributed by atoms with Crippen molar-refractivity contribution >= 4 is 5.91 Å². The molecule has 23 heavy (non-hydrogen) atoms. The number of nitrogens with zero attached hydrogens (tertiary/aromatic N) is 2. The fraction of sp³-hybridized carbons (Fsp3) is 0.588. The summed E-state index contributed by atoms with van der Waals surface area (Å²) in [4.78, 5) is 16.5. The highest BCUT2D eigenvalue weighted by Gasteiger charge is 2.31. The molecule has 0 saturated carbocycles. The van der Waals surface area contributed by atoms with E-state index in [-0.39, 0.29) is 17.9 Å². The van der Waals surface area contributed by atoms with E-state index >= 15 is 0 Å². The standard InChI is InChI=1S/C17H23F2N3O/c1-12(15-3-2-14(18)10-16(15)19)21-6-8-22(9-7-21)17(23)13-4-5-20-11-13/h2-3,10,12-13,20H,4-9,11H2,1H3. The summed E-state index contributed by atoms with van der Waals surface area (Å²) in [5, 5.41) is 3.22. The molecule has 126 valence electrons. The molecule has 0 aliphatic carbocycles. The summed E-state index contributed by atoms with van der Waals surface area (Å²) in [5.74, 6) is -0.726. The minimum absolute atomic E-state index is 0.105. The largest absolute Gasteiger partial charge is 0.340 e. The van der Waals surface area contributed by atoms with E-state index in [0.717, 1.165) is 25.6 Å². The number of rotatable bonds is 3. The van der Waals surface area contributed by atoms with Crippen LogP contribution in [0, 0.1) is 17.6 Å². The molecule has 2 saturated heterocycles. The van der Waals surface area contributed by atoms with E-state index in [1.54, 1.807) is 0 Å². The van der Waals surface area contributed by atoms with E-state index in [0.29, 0.717) is 31.7 Å². The number of hydrogen-bond donors (Lipinski definition) is 1. The Hall–Kier alpha value is -1.53. The van der Waals surface area contributed by atoms with Crippen LogP contribution in [0.4, 0.5) is 8.78 Å². The lowest BCUT2D eigenvalue weighted by molar-refractivity contribution is -0.137. The summed E-state index contributed by atoms with van der Waals surface area (Å²) in [6, 6.07) is 3.61. The van der Waals surface area contributed by atoms with Crippen LogP contribution in [0.25, 0.3) is 0 Å². The van der Waals surface area contributed by atoms with Crippen LogP contribution in [-0.2, 0) is 4.79 Å². The lowest BCUT2D eigenvalue weighted by Crippen LogP contribution is -2.51. The van der Waals surface area contributed by atoms with Crippen LogP contribution in [0.15, 0.2) is 18.2 Å². The molecule has 0 radical (unpaired) electrons. The lowest BCUT2D eigenvalue weighted by atomic mass is 10.0. The van der Waals surface area contributed by atoms with E-state index in [1.165, 1.54) is 12.1 Å². The third-order valence-corrected chi connectivity index (χ3v) is 5.00. The Kier molecular flexibility index (Phi) is 4.92. The maximum absolute atomic E-state index is 13.9. The van der Waals surface area contributed by atoms with Crippen LogP contribution in [-0.4, -0.2) is 55.0 Å². The molecule has 2 atom stereocenters. The smallest absolute Gasteiger partial charge is 0.227 e. The molecule has 4 nitrogen and oxygen atoms in total. The second-order valence-electron chi connectivity index (χ2n) is 6.39. The van der Waals surface area contributed by atoms with Crippen molar-refractivity contribution in [3.8, 4) is 0 Å². The lowest BCUT2D eigenvalue weighted by Gasteiger charge is -2.39. The number of carbonyl (C=O) groups excluding carboxylic acids is 1. The normalized spacial score (nSPS) is 24.0. The first-order chi connectivity index (χ1) is 11.1. The van der Waals surface area contributed by atoms with Crippen LogP contribution < -0.4 is 5.32 Å². The van der Waals surface area contributed by atoms with Crippen molar-refractivity contribution in [2.24, 2.45) is 5.92 Å². The number of nitrogens with one attached hydrogen (secondary N) is 1. The van der Waals surface area contributed by atoms with Gasteiger partial charge in [-0.1, -0.05) is 6.07 Å². The van der Waals surface area contributed by atoms with Crippen molar-refractivity contribution in [2.75, 3.05) is 39.3 Å². The summed E-state index contributed by atoms with van der Waals surface area (Å²) in [6.07, 6.45) is 0.913. The predicted molar refractivity (Wildman–Crippen MR) is 83.9 cm³/mol. The first-order valence-electron chi connectivity index (χ1n) is 8.25. The number of piperazine rings is 1. The Morgan fingerprint density at radius 1 is 1.26 bits per heavy atom. The molecule has 1 aromatic rings. The van der Waals surface area contributed by atoms with Gasteiger partial charge in [0.25, 0.3) is 0 Å². The van der Waals surface area contributed by atoms with Gasteiger partial charge in [0.1, 0.15) is 11.6 Å². The van der Waals surface area contributed by atoms with Crippen molar-refractivity contribution in [1.82, 2.24) is 15.1 Å². The van der Waals surface area contributed by atoms with Crippen LogP contribution in [0.3, 0.4) is 0 Å². The maximum atomic E-state index is 13.9. The van der Waals surface area contributed by atoms with Gasteiger partial charge in [-0.05, 0) is 26.0 Å². The topological polar surface area (TPSA) is 35.6 Å². The molecule has 6 heteroatoms. The number of halogens is 2. The zero-order valence-electron chi connectivity index (χ0n) is 13.4. The van der Waals surface area contributed by atoms with E-state index in [9.17, 15) is 13.6 Å². The summed E-state index contributed by atoms with van der Waals surface area (Å²) in [5.41, 5.74) is 0.506. The zero-order valence-corrected chi connectivity index (χ0v) is 13.4. The van der Waals surface area contributed by atoms with Crippen molar-refractivity contribution < 1.29 is 13.6 Å². The number of benzene rings is 1. The van der Waals surface area contributed by atoms with Crippen LogP contribution in [0.2, 0.25) is 0 Å². The molecule has 2 aliphatic rings. The molecule has 3 rings (SSSR count). The van der Waals surface area contributed by atoms with Crippen molar-refractivity contribution in [3.05, 3.63) is 35.4 Å². The Bertz CT molecular complexity index is 567. The van der Waals surface area contributed by atoms with E-state index < -0.39 is 11.6 Å². The average molecular weight is 323 g/mol. The van der Waals surface area contributed by atoms with Gasteiger partial charge in [0, 0.05) is 50.4 Å². The maximum Gasteiger partial charge on any atom is 0.227 e. The second kappa shape index (κ2) is 6.93. The highest BCUT2D eigenvalue weighted by molar-refractivity contribution is 5.79. The fourth-order valence-electron chi connectivity index (χ4n) is 3.49. The third kappa shape index (κ3) is 3.53. The molecule has 2 unspecified atom stereocenters. The second-order valence-corrected chi connectivity index (χ2v) is 6.39. The minimum Gasteiger partial charge on any atom is -0.340 e. The molecule has 2 aliphatic heterocycles. The minimum atomic E-state index is -0.556. The zero-order chi connectivity index (χ0) is 16.4. The highest BCUT2D eigenvalue weighted by Crippen LogP contribution is 2.25. The Balaban J connectivity index is 1.58.